The molecule has 0 spiro atoms. The van der Waals surface area contributed by atoms with Crippen molar-refractivity contribution < 1.29 is 9.90 Å². The molecule has 0 aliphatic rings. The second-order valence-corrected chi connectivity index (χ2v) is 5.22. The van der Waals surface area contributed by atoms with Crippen LogP contribution in [0.5, 0.6) is 0 Å². The van der Waals surface area contributed by atoms with Crippen LogP contribution in [0.15, 0.2) is 33.8 Å². The second-order valence-electron chi connectivity index (χ2n) is 4.31. The Balaban J connectivity index is 2.48. The van der Waals surface area contributed by atoms with E-state index in [2.05, 4.69) is 20.9 Å². The first-order chi connectivity index (χ1) is 9.02. The van der Waals surface area contributed by atoms with Crippen molar-refractivity contribution >= 4 is 32.8 Å². The molecule has 6 heteroatoms. The quantitative estimate of drug-likeness (QED) is 0.936. The zero-order valence-corrected chi connectivity index (χ0v) is 11.9. The van der Waals surface area contributed by atoms with Crippen molar-refractivity contribution in [1.82, 2.24) is 9.55 Å². The summed E-state index contributed by atoms with van der Waals surface area (Å²) in [6, 6.07) is 5.26. The van der Waals surface area contributed by atoms with Crippen LogP contribution in [0.1, 0.15) is 13.3 Å². The number of benzene rings is 1. The first-order valence-corrected chi connectivity index (χ1v) is 6.69. The highest BCUT2D eigenvalue weighted by Gasteiger charge is 2.17. The van der Waals surface area contributed by atoms with Gasteiger partial charge in [0.15, 0.2) is 0 Å². The molecule has 2 rings (SSSR count). The fourth-order valence-electron chi connectivity index (χ4n) is 1.88. The van der Waals surface area contributed by atoms with Crippen LogP contribution in [0.25, 0.3) is 10.9 Å². The first kappa shape index (κ1) is 13.7. The van der Waals surface area contributed by atoms with Crippen molar-refractivity contribution in [3.63, 3.8) is 0 Å². The molecule has 2 aromatic rings. The lowest BCUT2D eigenvalue weighted by atomic mass is 10.1. The topological polar surface area (TPSA) is 72.2 Å². The Morgan fingerprint density at radius 1 is 1.53 bits per heavy atom. The van der Waals surface area contributed by atoms with E-state index >= 15 is 0 Å². The number of hydrogen-bond acceptors (Lipinski definition) is 3. The summed E-state index contributed by atoms with van der Waals surface area (Å²) >= 11 is 3.31. The van der Waals surface area contributed by atoms with Crippen LogP contribution in [0.4, 0.5) is 0 Å². The standard InChI is InChI=1S/C13H13BrN2O3/c1-2-8(13(18)19)6-16-7-15-11-4-3-9(14)5-10(11)12(16)17/h3-5,7-8H,2,6H2,1H3,(H,18,19). The normalized spacial score (nSPS) is 12.5. The summed E-state index contributed by atoms with van der Waals surface area (Å²) in [5, 5.41) is 9.52. The smallest absolute Gasteiger partial charge is 0.308 e. The number of carbonyl (C=O) groups is 1. The van der Waals surface area contributed by atoms with Crippen molar-refractivity contribution in [3.8, 4) is 0 Å². The van der Waals surface area contributed by atoms with Gasteiger partial charge < -0.3 is 5.11 Å². The van der Waals surface area contributed by atoms with Gasteiger partial charge in [-0.3, -0.25) is 14.2 Å². The molecule has 100 valence electrons. The third kappa shape index (κ3) is 2.84. The van der Waals surface area contributed by atoms with E-state index in [9.17, 15) is 9.59 Å². The Labute approximate surface area is 118 Å². The van der Waals surface area contributed by atoms with Gasteiger partial charge in [-0.1, -0.05) is 22.9 Å². The summed E-state index contributed by atoms with van der Waals surface area (Å²) in [7, 11) is 0. The highest BCUT2D eigenvalue weighted by molar-refractivity contribution is 9.10. The molecular formula is C13H13BrN2O3. The number of aliphatic carboxylic acids is 1. The minimum absolute atomic E-state index is 0.139. The molecule has 0 aliphatic heterocycles. The number of aromatic nitrogens is 2. The number of carboxylic acids is 1. The van der Waals surface area contributed by atoms with Gasteiger partial charge in [-0.25, -0.2) is 4.98 Å². The largest absolute Gasteiger partial charge is 0.481 e. The predicted octanol–water partition coefficient (Wildman–Crippen LogP) is 2.27. The fourth-order valence-corrected chi connectivity index (χ4v) is 2.24. The lowest BCUT2D eigenvalue weighted by Crippen LogP contribution is -2.27. The van der Waals surface area contributed by atoms with Gasteiger partial charge >= 0.3 is 5.97 Å². The van der Waals surface area contributed by atoms with Crippen LogP contribution in [0.3, 0.4) is 0 Å². The van der Waals surface area contributed by atoms with Gasteiger partial charge in [-0.2, -0.15) is 0 Å². The molecule has 19 heavy (non-hydrogen) atoms. The number of hydrogen-bond donors (Lipinski definition) is 1. The van der Waals surface area contributed by atoms with Crippen molar-refractivity contribution in [2.45, 2.75) is 19.9 Å². The minimum atomic E-state index is -0.899. The molecule has 1 heterocycles. The highest BCUT2D eigenvalue weighted by atomic mass is 79.9. The third-order valence-electron chi connectivity index (χ3n) is 3.05. The van der Waals surface area contributed by atoms with Gasteiger partial charge in [0.1, 0.15) is 0 Å². The predicted molar refractivity (Wildman–Crippen MR) is 75.1 cm³/mol. The van der Waals surface area contributed by atoms with Gasteiger partial charge in [0.05, 0.1) is 23.1 Å². The van der Waals surface area contributed by atoms with Crippen molar-refractivity contribution in [2.75, 3.05) is 0 Å². The van der Waals surface area contributed by atoms with Crippen molar-refractivity contribution in [3.05, 3.63) is 39.4 Å². The zero-order chi connectivity index (χ0) is 14.0. The first-order valence-electron chi connectivity index (χ1n) is 5.90. The number of carboxylic acid groups (broad SMARTS) is 1. The van der Waals surface area contributed by atoms with E-state index in [0.29, 0.717) is 17.3 Å². The zero-order valence-electron chi connectivity index (χ0n) is 10.3. The lowest BCUT2D eigenvalue weighted by molar-refractivity contribution is -0.142. The molecule has 1 unspecified atom stereocenters. The van der Waals surface area contributed by atoms with Gasteiger partial charge in [0, 0.05) is 11.0 Å². The molecule has 0 saturated carbocycles. The molecule has 5 nitrogen and oxygen atoms in total. The van der Waals surface area contributed by atoms with E-state index in [0.717, 1.165) is 4.47 Å². The average Bonchev–Trinajstić information content (AvgIpc) is 2.38. The van der Waals surface area contributed by atoms with E-state index in [1.807, 2.05) is 6.07 Å². The molecule has 0 bridgehead atoms. The SMILES string of the molecule is CCC(Cn1cnc2ccc(Br)cc2c1=O)C(=O)O. The molecular weight excluding hydrogens is 312 g/mol. The van der Waals surface area contributed by atoms with Gasteiger partial charge in [-0.15, -0.1) is 0 Å². The highest BCUT2D eigenvalue weighted by Crippen LogP contribution is 2.15. The van der Waals surface area contributed by atoms with Crippen molar-refractivity contribution in [1.29, 1.82) is 0 Å². The molecule has 0 radical (unpaired) electrons. The number of fused-ring (bicyclic) bond motifs is 1. The van der Waals surface area contributed by atoms with E-state index < -0.39 is 11.9 Å². The van der Waals surface area contributed by atoms with Crippen molar-refractivity contribution in [2.24, 2.45) is 5.92 Å². The minimum Gasteiger partial charge on any atom is -0.481 e. The van der Waals surface area contributed by atoms with Crippen LogP contribution in [-0.4, -0.2) is 20.6 Å². The van der Waals surface area contributed by atoms with Gasteiger partial charge in [0.25, 0.3) is 5.56 Å². The maximum absolute atomic E-state index is 12.3. The molecule has 1 aromatic heterocycles. The molecule has 0 fully saturated rings. The molecule has 0 aliphatic carbocycles. The fraction of sp³-hybridized carbons (Fsp3) is 0.308. The third-order valence-corrected chi connectivity index (χ3v) is 3.54. The van der Waals surface area contributed by atoms with Crippen LogP contribution in [0.2, 0.25) is 0 Å². The van der Waals surface area contributed by atoms with E-state index in [1.165, 1.54) is 10.9 Å². The van der Waals surface area contributed by atoms with E-state index in [4.69, 9.17) is 5.11 Å². The Bertz CT molecular complexity index is 681. The summed E-state index contributed by atoms with van der Waals surface area (Å²) in [6.07, 6.45) is 1.88. The molecule has 0 amide bonds. The molecule has 1 atom stereocenters. The molecule has 1 N–H and O–H groups in total. The maximum atomic E-state index is 12.3. The van der Waals surface area contributed by atoms with Gasteiger partial charge in [0.2, 0.25) is 0 Å². The van der Waals surface area contributed by atoms with Gasteiger partial charge in [-0.05, 0) is 24.6 Å². The molecule has 1 aromatic carbocycles. The summed E-state index contributed by atoms with van der Waals surface area (Å²) < 4.78 is 2.15. The number of nitrogens with zero attached hydrogens (tertiary/aromatic N) is 2. The summed E-state index contributed by atoms with van der Waals surface area (Å²) in [5.74, 6) is -1.48. The Morgan fingerprint density at radius 2 is 2.26 bits per heavy atom. The van der Waals surface area contributed by atoms with E-state index in [-0.39, 0.29) is 12.1 Å². The summed E-state index contributed by atoms with van der Waals surface area (Å²) in [4.78, 5) is 27.5. The number of halogens is 1. The average molecular weight is 325 g/mol. The monoisotopic (exact) mass is 324 g/mol. The summed E-state index contributed by atoms with van der Waals surface area (Å²) in [6.45, 7) is 1.93. The lowest BCUT2D eigenvalue weighted by Gasteiger charge is -2.12. The maximum Gasteiger partial charge on any atom is 0.308 e. The second kappa shape index (κ2) is 5.52. The van der Waals surface area contributed by atoms with Crippen LogP contribution in [0, 0.1) is 5.92 Å². The van der Waals surface area contributed by atoms with Crippen LogP contribution in [-0.2, 0) is 11.3 Å². The Hall–Kier alpha value is -1.69. The Morgan fingerprint density at radius 3 is 2.89 bits per heavy atom. The van der Waals surface area contributed by atoms with Crippen LogP contribution < -0.4 is 5.56 Å². The van der Waals surface area contributed by atoms with Crippen LogP contribution >= 0.6 is 15.9 Å². The van der Waals surface area contributed by atoms with E-state index in [1.54, 1.807) is 19.1 Å². The molecule has 0 saturated heterocycles. The Kier molecular flexibility index (Phi) is 3.99. The summed E-state index contributed by atoms with van der Waals surface area (Å²) in [5.41, 5.74) is 0.388. The number of rotatable bonds is 4.